The van der Waals surface area contributed by atoms with E-state index in [0.29, 0.717) is 18.2 Å². The first-order valence-corrected chi connectivity index (χ1v) is 8.90. The van der Waals surface area contributed by atoms with Gasteiger partial charge in [0.2, 0.25) is 11.8 Å². The number of aromatic hydroxyl groups is 1. The van der Waals surface area contributed by atoms with Crippen LogP contribution in [0.4, 0.5) is 5.69 Å². The number of hydrogen-bond donors (Lipinski definition) is 1. The Morgan fingerprint density at radius 3 is 2.96 bits per heavy atom. The predicted molar refractivity (Wildman–Crippen MR) is 93.7 cm³/mol. The minimum absolute atomic E-state index is 0.0226. The summed E-state index contributed by atoms with van der Waals surface area (Å²) in [7, 11) is 0. The molecule has 2 aromatic rings. The van der Waals surface area contributed by atoms with E-state index in [4.69, 9.17) is 0 Å². The third-order valence-electron chi connectivity index (χ3n) is 3.92. The van der Waals surface area contributed by atoms with E-state index in [1.807, 2.05) is 31.2 Å². The largest absolute Gasteiger partial charge is 0.493 e. The Kier molecular flexibility index (Phi) is 4.89. The average molecular weight is 345 g/mol. The molecule has 1 aliphatic heterocycles. The Morgan fingerprint density at radius 1 is 1.38 bits per heavy atom. The molecule has 0 bridgehead atoms. The first-order valence-electron chi connectivity index (χ1n) is 7.92. The van der Waals surface area contributed by atoms with Crippen LogP contribution in [0.25, 0.3) is 0 Å². The van der Waals surface area contributed by atoms with Crippen LogP contribution in [0.1, 0.15) is 18.9 Å². The first kappa shape index (κ1) is 16.6. The molecule has 126 valence electrons. The van der Waals surface area contributed by atoms with Gasteiger partial charge < -0.3 is 10.0 Å². The lowest BCUT2D eigenvalue weighted by molar-refractivity contribution is -0.116. The van der Waals surface area contributed by atoms with Gasteiger partial charge in [-0.3, -0.25) is 14.2 Å². The van der Waals surface area contributed by atoms with Gasteiger partial charge in [-0.15, -0.1) is 0 Å². The molecule has 1 aromatic carbocycles. The lowest BCUT2D eigenvalue weighted by atomic mass is 10.2. The molecule has 7 heteroatoms. The van der Waals surface area contributed by atoms with Crippen LogP contribution in [0.3, 0.4) is 0 Å². The highest BCUT2D eigenvalue weighted by molar-refractivity contribution is 7.99. The maximum atomic E-state index is 12.5. The number of nitrogens with zero attached hydrogens (tertiary/aromatic N) is 3. The third kappa shape index (κ3) is 3.31. The van der Waals surface area contributed by atoms with Crippen molar-refractivity contribution in [2.45, 2.75) is 31.5 Å². The fraction of sp³-hybridized carbons (Fsp3) is 0.353. The van der Waals surface area contributed by atoms with Gasteiger partial charge in [-0.2, -0.15) is 4.98 Å². The number of fused-ring (bicyclic) bond motifs is 1. The summed E-state index contributed by atoms with van der Waals surface area (Å²) in [6.45, 7) is 3.14. The zero-order chi connectivity index (χ0) is 17.1. The number of hydrogen-bond acceptors (Lipinski definition) is 5. The van der Waals surface area contributed by atoms with E-state index in [9.17, 15) is 14.7 Å². The maximum absolute atomic E-state index is 12.5. The summed E-state index contributed by atoms with van der Waals surface area (Å²) in [5, 5.41) is 9.94. The summed E-state index contributed by atoms with van der Waals surface area (Å²) in [5.74, 6) is -0.159. The number of anilines is 1. The highest BCUT2D eigenvalue weighted by Gasteiger charge is 2.24. The van der Waals surface area contributed by atoms with E-state index in [0.717, 1.165) is 24.6 Å². The van der Waals surface area contributed by atoms with Crippen molar-refractivity contribution in [3.63, 3.8) is 0 Å². The molecule has 1 aromatic heterocycles. The highest BCUT2D eigenvalue weighted by Crippen LogP contribution is 2.28. The fourth-order valence-corrected chi connectivity index (χ4v) is 3.72. The molecule has 0 saturated heterocycles. The number of aromatic nitrogens is 2. The summed E-state index contributed by atoms with van der Waals surface area (Å²) >= 11 is 1.19. The standard InChI is InChI=1S/C17H19N3O3S/c1-2-8-20-15(22)10-14(21)18-17(20)24-11-16(23)19-9-7-12-5-3-4-6-13(12)19/h3-6,10,21H,2,7-9,11H2,1H3. The van der Waals surface area contributed by atoms with Crippen LogP contribution >= 0.6 is 11.8 Å². The van der Waals surface area contributed by atoms with E-state index in [2.05, 4.69) is 4.98 Å². The van der Waals surface area contributed by atoms with E-state index in [1.165, 1.54) is 21.9 Å². The maximum Gasteiger partial charge on any atom is 0.257 e. The Morgan fingerprint density at radius 2 is 2.17 bits per heavy atom. The molecule has 2 heterocycles. The molecule has 0 aliphatic carbocycles. The second kappa shape index (κ2) is 7.09. The number of para-hydroxylation sites is 1. The Labute approximate surface area is 144 Å². The normalized spacial score (nSPS) is 13.1. The van der Waals surface area contributed by atoms with Crippen molar-refractivity contribution in [2.24, 2.45) is 0 Å². The Bertz CT molecular complexity index is 819. The molecule has 1 aliphatic rings. The van der Waals surface area contributed by atoms with Crippen molar-refractivity contribution in [2.75, 3.05) is 17.2 Å². The summed E-state index contributed by atoms with van der Waals surface area (Å²) in [5.41, 5.74) is 1.83. The highest BCUT2D eigenvalue weighted by atomic mass is 32.2. The van der Waals surface area contributed by atoms with Crippen LogP contribution in [-0.2, 0) is 17.8 Å². The van der Waals surface area contributed by atoms with Crippen LogP contribution in [0, 0.1) is 0 Å². The van der Waals surface area contributed by atoms with E-state index in [1.54, 1.807) is 4.90 Å². The summed E-state index contributed by atoms with van der Waals surface area (Å²) < 4.78 is 1.50. The lowest BCUT2D eigenvalue weighted by Gasteiger charge is -2.17. The van der Waals surface area contributed by atoms with Crippen LogP contribution < -0.4 is 10.5 Å². The Balaban J connectivity index is 1.75. The van der Waals surface area contributed by atoms with Gasteiger partial charge in [-0.1, -0.05) is 36.9 Å². The van der Waals surface area contributed by atoms with Crippen molar-refractivity contribution in [1.82, 2.24) is 9.55 Å². The number of rotatable bonds is 5. The number of carbonyl (C=O) groups excluding carboxylic acids is 1. The zero-order valence-corrected chi connectivity index (χ0v) is 14.3. The number of carbonyl (C=O) groups is 1. The molecule has 24 heavy (non-hydrogen) atoms. The molecule has 6 nitrogen and oxygen atoms in total. The van der Waals surface area contributed by atoms with Crippen molar-refractivity contribution < 1.29 is 9.90 Å². The summed E-state index contributed by atoms with van der Waals surface area (Å²) in [6.07, 6.45) is 1.63. The quantitative estimate of drug-likeness (QED) is 0.663. The van der Waals surface area contributed by atoms with E-state index >= 15 is 0 Å². The van der Waals surface area contributed by atoms with Crippen LogP contribution in [-0.4, -0.2) is 32.9 Å². The molecule has 0 unspecified atom stereocenters. The van der Waals surface area contributed by atoms with Crippen molar-refractivity contribution in [1.29, 1.82) is 0 Å². The molecular weight excluding hydrogens is 326 g/mol. The van der Waals surface area contributed by atoms with Gasteiger partial charge in [0.05, 0.1) is 11.8 Å². The van der Waals surface area contributed by atoms with Gasteiger partial charge >= 0.3 is 0 Å². The van der Waals surface area contributed by atoms with Crippen LogP contribution in [0.2, 0.25) is 0 Å². The molecule has 0 saturated carbocycles. The predicted octanol–water partition coefficient (Wildman–Crippen LogP) is 2.04. The summed E-state index contributed by atoms with van der Waals surface area (Å²) in [6, 6.07) is 8.98. The molecule has 1 N–H and O–H groups in total. The zero-order valence-electron chi connectivity index (χ0n) is 13.4. The second-order valence-electron chi connectivity index (χ2n) is 5.60. The van der Waals surface area contributed by atoms with E-state index in [-0.39, 0.29) is 23.1 Å². The monoisotopic (exact) mass is 345 g/mol. The van der Waals surface area contributed by atoms with Gasteiger partial charge in [0.25, 0.3) is 5.56 Å². The molecular formula is C17H19N3O3S. The van der Waals surface area contributed by atoms with Crippen molar-refractivity contribution >= 4 is 23.4 Å². The van der Waals surface area contributed by atoms with Crippen LogP contribution in [0.15, 0.2) is 40.3 Å². The molecule has 0 fully saturated rings. The third-order valence-corrected chi connectivity index (χ3v) is 4.88. The van der Waals surface area contributed by atoms with Gasteiger partial charge in [-0.25, -0.2) is 0 Å². The number of thioether (sulfide) groups is 1. The molecule has 0 atom stereocenters. The minimum atomic E-state index is -0.311. The molecule has 3 rings (SSSR count). The first-order chi connectivity index (χ1) is 11.6. The minimum Gasteiger partial charge on any atom is -0.493 e. The molecule has 1 amide bonds. The number of benzene rings is 1. The molecule has 0 spiro atoms. The second-order valence-corrected chi connectivity index (χ2v) is 6.54. The van der Waals surface area contributed by atoms with Gasteiger partial charge in [0.1, 0.15) is 0 Å². The lowest BCUT2D eigenvalue weighted by Crippen LogP contribution is -2.31. The van der Waals surface area contributed by atoms with Gasteiger partial charge in [0.15, 0.2) is 5.16 Å². The Hall–Kier alpha value is -2.28. The van der Waals surface area contributed by atoms with Crippen LogP contribution in [0.5, 0.6) is 5.88 Å². The topological polar surface area (TPSA) is 75.4 Å². The fourth-order valence-electron chi connectivity index (χ4n) is 2.81. The van der Waals surface area contributed by atoms with E-state index < -0.39 is 0 Å². The smallest absolute Gasteiger partial charge is 0.257 e. The summed E-state index contributed by atoms with van der Waals surface area (Å²) in [4.78, 5) is 30.3. The van der Waals surface area contributed by atoms with Crippen molar-refractivity contribution in [3.05, 3.63) is 46.2 Å². The van der Waals surface area contributed by atoms with Gasteiger partial charge in [-0.05, 0) is 24.5 Å². The van der Waals surface area contributed by atoms with Crippen molar-refractivity contribution in [3.8, 4) is 5.88 Å². The molecule has 0 radical (unpaired) electrons. The van der Waals surface area contributed by atoms with Gasteiger partial charge in [0, 0.05) is 18.8 Å². The average Bonchev–Trinajstić information content (AvgIpc) is 2.99. The SMILES string of the molecule is CCCn1c(SCC(=O)N2CCc3ccccc32)nc(O)cc1=O. The number of amides is 1.